The largest absolute Gasteiger partial charge is 0.383 e. The Kier molecular flexibility index (Phi) is 9.15. The minimum absolute atomic E-state index is 0.0422. The van der Waals surface area contributed by atoms with Crippen molar-refractivity contribution < 1.29 is 14.3 Å². The Morgan fingerprint density at radius 1 is 1.23 bits per heavy atom. The number of hydrogen-bond acceptors (Lipinski definition) is 3. The Labute approximate surface area is 178 Å². The molecule has 0 spiro atoms. The molecule has 1 aromatic carbocycles. The van der Waals surface area contributed by atoms with Crippen LogP contribution in [0.2, 0.25) is 0 Å². The average molecular weight is 413 g/mol. The van der Waals surface area contributed by atoms with Crippen LogP contribution in [-0.2, 0) is 29.5 Å². The molecule has 1 aromatic heterocycles. The lowest BCUT2D eigenvalue weighted by molar-refractivity contribution is -0.133. The fourth-order valence-corrected chi connectivity index (χ4v) is 3.06. The molecule has 0 unspecified atom stereocenters. The highest BCUT2D eigenvalue weighted by Gasteiger charge is 2.21. The number of anilines is 1. The molecule has 1 heterocycles. The summed E-state index contributed by atoms with van der Waals surface area (Å²) in [5, 5.41) is 2.88. The molecular formula is C23H32N4O3. The molecule has 0 fully saturated rings. The van der Waals surface area contributed by atoms with E-state index in [-0.39, 0.29) is 25.0 Å². The first kappa shape index (κ1) is 23.2. The zero-order valence-electron chi connectivity index (χ0n) is 18.1. The molecule has 0 radical (unpaired) electrons. The standard InChI is InChI=1S/C23H32N4O3/c1-5-12-27(23(29)24-20-10-7-9-19(6-2)16-20)18-22(28)26(14-15-30-4)17-21-11-8-13-25(21)3/h5,7-11,13,16H,1,6,12,14-15,17-18H2,2-4H3,(H,24,29). The van der Waals surface area contributed by atoms with E-state index < -0.39 is 0 Å². The van der Waals surface area contributed by atoms with Gasteiger partial charge in [-0.05, 0) is 36.2 Å². The molecule has 0 bridgehead atoms. The van der Waals surface area contributed by atoms with Gasteiger partial charge >= 0.3 is 6.03 Å². The first-order valence-corrected chi connectivity index (χ1v) is 10.1. The molecule has 7 heteroatoms. The van der Waals surface area contributed by atoms with Crippen molar-refractivity contribution in [1.82, 2.24) is 14.4 Å². The van der Waals surface area contributed by atoms with Gasteiger partial charge in [-0.25, -0.2) is 4.79 Å². The Morgan fingerprint density at radius 2 is 2.03 bits per heavy atom. The summed E-state index contributed by atoms with van der Waals surface area (Å²) in [6, 6.07) is 11.3. The maximum absolute atomic E-state index is 13.0. The number of amides is 3. The third kappa shape index (κ3) is 6.77. The number of benzene rings is 1. The molecule has 0 aliphatic carbocycles. The Balaban J connectivity index is 2.08. The van der Waals surface area contributed by atoms with Gasteiger partial charge in [-0.1, -0.05) is 25.1 Å². The van der Waals surface area contributed by atoms with E-state index in [0.717, 1.165) is 17.7 Å². The van der Waals surface area contributed by atoms with Gasteiger partial charge in [0, 0.05) is 44.8 Å². The lowest BCUT2D eigenvalue weighted by Gasteiger charge is -2.27. The first-order chi connectivity index (χ1) is 14.5. The highest BCUT2D eigenvalue weighted by Crippen LogP contribution is 2.12. The number of aryl methyl sites for hydroxylation is 2. The van der Waals surface area contributed by atoms with Crippen LogP contribution in [0.5, 0.6) is 0 Å². The molecule has 30 heavy (non-hydrogen) atoms. The van der Waals surface area contributed by atoms with Crippen molar-refractivity contribution in [2.75, 3.05) is 38.7 Å². The van der Waals surface area contributed by atoms with Crippen LogP contribution < -0.4 is 5.32 Å². The number of carbonyl (C=O) groups excluding carboxylic acids is 2. The summed E-state index contributed by atoms with van der Waals surface area (Å²) < 4.78 is 7.14. The van der Waals surface area contributed by atoms with E-state index in [1.807, 2.05) is 54.2 Å². The lowest BCUT2D eigenvalue weighted by atomic mass is 10.1. The Hall–Kier alpha value is -3.06. The van der Waals surface area contributed by atoms with Crippen molar-refractivity contribution in [3.63, 3.8) is 0 Å². The average Bonchev–Trinajstić information content (AvgIpc) is 3.15. The maximum atomic E-state index is 13.0. The number of methoxy groups -OCH3 is 1. The van der Waals surface area contributed by atoms with E-state index in [2.05, 4.69) is 18.8 Å². The molecule has 0 aliphatic rings. The summed E-state index contributed by atoms with van der Waals surface area (Å²) in [5.74, 6) is -0.146. The number of nitrogens with zero attached hydrogens (tertiary/aromatic N) is 3. The molecule has 7 nitrogen and oxygen atoms in total. The highest BCUT2D eigenvalue weighted by atomic mass is 16.5. The third-order valence-electron chi connectivity index (χ3n) is 4.87. The van der Waals surface area contributed by atoms with E-state index in [1.165, 1.54) is 4.90 Å². The molecule has 162 valence electrons. The van der Waals surface area contributed by atoms with Crippen LogP contribution in [0.3, 0.4) is 0 Å². The van der Waals surface area contributed by atoms with E-state index in [1.54, 1.807) is 18.1 Å². The van der Waals surface area contributed by atoms with E-state index in [9.17, 15) is 9.59 Å². The molecule has 2 rings (SSSR count). The number of nitrogens with one attached hydrogen (secondary N) is 1. The summed E-state index contributed by atoms with van der Waals surface area (Å²) in [5.41, 5.74) is 2.85. The second-order valence-corrected chi connectivity index (χ2v) is 7.07. The van der Waals surface area contributed by atoms with Crippen LogP contribution >= 0.6 is 0 Å². The molecule has 0 aliphatic heterocycles. The van der Waals surface area contributed by atoms with Crippen molar-refractivity contribution in [3.05, 3.63) is 66.5 Å². The van der Waals surface area contributed by atoms with Gasteiger partial charge in [0.05, 0.1) is 13.2 Å². The Morgan fingerprint density at radius 3 is 2.67 bits per heavy atom. The third-order valence-corrected chi connectivity index (χ3v) is 4.87. The van der Waals surface area contributed by atoms with Gasteiger partial charge in [0.1, 0.15) is 6.54 Å². The van der Waals surface area contributed by atoms with Gasteiger partial charge in [0.2, 0.25) is 5.91 Å². The lowest BCUT2D eigenvalue weighted by Crippen LogP contribution is -2.45. The van der Waals surface area contributed by atoms with Crippen molar-refractivity contribution >= 4 is 17.6 Å². The van der Waals surface area contributed by atoms with Crippen molar-refractivity contribution in [2.24, 2.45) is 7.05 Å². The smallest absolute Gasteiger partial charge is 0.322 e. The molecule has 0 saturated heterocycles. The molecule has 2 aromatic rings. The minimum atomic E-state index is -0.331. The predicted molar refractivity (Wildman–Crippen MR) is 119 cm³/mol. The molecule has 0 saturated carbocycles. The zero-order valence-corrected chi connectivity index (χ0v) is 18.1. The number of carbonyl (C=O) groups is 2. The second-order valence-electron chi connectivity index (χ2n) is 7.07. The Bertz CT molecular complexity index is 846. The second kappa shape index (κ2) is 11.8. The fourth-order valence-electron chi connectivity index (χ4n) is 3.06. The first-order valence-electron chi connectivity index (χ1n) is 10.1. The van der Waals surface area contributed by atoms with Crippen molar-refractivity contribution in [2.45, 2.75) is 19.9 Å². The van der Waals surface area contributed by atoms with Gasteiger partial charge < -0.3 is 24.4 Å². The summed E-state index contributed by atoms with van der Waals surface area (Å²) >= 11 is 0. The number of hydrogen-bond donors (Lipinski definition) is 1. The van der Waals surface area contributed by atoms with Crippen LogP contribution in [0.4, 0.5) is 10.5 Å². The molecular weight excluding hydrogens is 380 g/mol. The monoisotopic (exact) mass is 412 g/mol. The summed E-state index contributed by atoms with van der Waals surface area (Å²) in [4.78, 5) is 29.0. The number of urea groups is 1. The van der Waals surface area contributed by atoms with Crippen LogP contribution in [0, 0.1) is 0 Å². The number of aromatic nitrogens is 1. The van der Waals surface area contributed by atoms with Crippen LogP contribution in [-0.4, -0.2) is 59.7 Å². The topological polar surface area (TPSA) is 66.8 Å². The van der Waals surface area contributed by atoms with Gasteiger partial charge in [-0.3, -0.25) is 4.79 Å². The molecule has 0 atom stereocenters. The van der Waals surface area contributed by atoms with E-state index in [4.69, 9.17) is 4.74 Å². The number of ether oxygens (including phenoxy) is 1. The fraction of sp³-hybridized carbons (Fsp3) is 0.391. The molecule has 1 N–H and O–H groups in total. The predicted octanol–water partition coefficient (Wildman–Crippen LogP) is 3.28. The molecule has 3 amide bonds. The van der Waals surface area contributed by atoms with Gasteiger partial charge in [-0.2, -0.15) is 0 Å². The van der Waals surface area contributed by atoms with Gasteiger partial charge in [-0.15, -0.1) is 6.58 Å². The van der Waals surface area contributed by atoms with E-state index >= 15 is 0 Å². The minimum Gasteiger partial charge on any atom is -0.383 e. The normalized spacial score (nSPS) is 10.5. The van der Waals surface area contributed by atoms with Crippen LogP contribution in [0.1, 0.15) is 18.2 Å². The van der Waals surface area contributed by atoms with Crippen LogP contribution in [0.15, 0.2) is 55.3 Å². The van der Waals surface area contributed by atoms with Crippen molar-refractivity contribution in [1.29, 1.82) is 0 Å². The van der Waals surface area contributed by atoms with Crippen LogP contribution in [0.25, 0.3) is 0 Å². The maximum Gasteiger partial charge on any atom is 0.322 e. The zero-order chi connectivity index (χ0) is 21.9. The highest BCUT2D eigenvalue weighted by molar-refractivity contribution is 5.92. The summed E-state index contributed by atoms with van der Waals surface area (Å²) in [7, 11) is 3.54. The van der Waals surface area contributed by atoms with Crippen molar-refractivity contribution in [3.8, 4) is 0 Å². The van der Waals surface area contributed by atoms with E-state index in [0.29, 0.717) is 25.4 Å². The van der Waals surface area contributed by atoms with Gasteiger partial charge in [0.15, 0.2) is 0 Å². The summed E-state index contributed by atoms with van der Waals surface area (Å²) in [6.45, 7) is 7.33. The SMILES string of the molecule is C=CCN(CC(=O)N(CCOC)Cc1cccn1C)C(=O)Nc1cccc(CC)c1. The summed E-state index contributed by atoms with van der Waals surface area (Å²) in [6.07, 6.45) is 4.44. The van der Waals surface area contributed by atoms with Gasteiger partial charge in [0.25, 0.3) is 0 Å². The quantitative estimate of drug-likeness (QED) is 0.576. The number of rotatable bonds is 11.